The molecule has 0 unspecified atom stereocenters. The number of rotatable bonds is 4. The van der Waals surface area contributed by atoms with E-state index in [1.807, 2.05) is 0 Å². The van der Waals surface area contributed by atoms with Gasteiger partial charge in [-0.3, -0.25) is 4.90 Å². The van der Waals surface area contributed by atoms with E-state index in [4.69, 9.17) is 15.2 Å². The Bertz CT molecular complexity index is 313. The summed E-state index contributed by atoms with van der Waals surface area (Å²) in [4.78, 5) is 2.80. The van der Waals surface area contributed by atoms with Gasteiger partial charge in [-0.25, -0.2) is 0 Å². The third-order valence-corrected chi connectivity index (χ3v) is 5.69. The lowest BCUT2D eigenvalue weighted by molar-refractivity contribution is -0.185. The summed E-state index contributed by atoms with van der Waals surface area (Å²) in [6, 6.07) is 1.93. The smallest absolute Gasteiger partial charge is 0.168 e. The van der Waals surface area contributed by atoms with Crippen LogP contribution in [0.1, 0.15) is 64.7 Å². The maximum atomic E-state index is 6.08. The third kappa shape index (κ3) is 3.61. The van der Waals surface area contributed by atoms with Crippen molar-refractivity contribution in [2.75, 3.05) is 19.8 Å². The molecule has 1 spiro atoms. The molecule has 1 saturated heterocycles. The summed E-state index contributed by atoms with van der Waals surface area (Å²) in [5.74, 6) is -0.219. The molecule has 2 N–H and O–H groups in total. The highest BCUT2D eigenvalue weighted by molar-refractivity contribution is 4.90. The molecule has 0 atom stereocenters. The molecular formula is C17H32N2O2. The van der Waals surface area contributed by atoms with E-state index in [0.717, 1.165) is 38.1 Å². The highest BCUT2D eigenvalue weighted by Gasteiger charge is 2.42. The monoisotopic (exact) mass is 296 g/mol. The molecule has 0 bridgehead atoms. The molecule has 3 fully saturated rings. The van der Waals surface area contributed by atoms with Crippen molar-refractivity contribution in [2.45, 2.75) is 88.6 Å². The predicted molar refractivity (Wildman–Crippen MR) is 84.1 cm³/mol. The van der Waals surface area contributed by atoms with Crippen LogP contribution in [0.2, 0.25) is 0 Å². The summed E-state index contributed by atoms with van der Waals surface area (Å²) >= 11 is 0. The first-order chi connectivity index (χ1) is 10.2. The van der Waals surface area contributed by atoms with Crippen LogP contribution in [0, 0.1) is 0 Å². The molecule has 4 nitrogen and oxygen atoms in total. The second-order valence-corrected chi connectivity index (χ2v) is 7.15. The Labute approximate surface area is 129 Å². The fourth-order valence-electron chi connectivity index (χ4n) is 4.51. The summed E-state index contributed by atoms with van der Waals surface area (Å²) in [5, 5.41) is 0. The van der Waals surface area contributed by atoms with Crippen molar-refractivity contribution in [1.29, 1.82) is 0 Å². The van der Waals surface area contributed by atoms with Crippen molar-refractivity contribution in [3.05, 3.63) is 0 Å². The van der Waals surface area contributed by atoms with E-state index >= 15 is 0 Å². The van der Waals surface area contributed by atoms with Crippen LogP contribution in [0.3, 0.4) is 0 Å². The minimum Gasteiger partial charge on any atom is -0.348 e. The van der Waals surface area contributed by atoms with E-state index in [2.05, 4.69) is 11.8 Å². The van der Waals surface area contributed by atoms with Gasteiger partial charge in [-0.05, 0) is 51.5 Å². The average Bonchev–Trinajstić information content (AvgIpc) is 2.95. The van der Waals surface area contributed by atoms with E-state index in [9.17, 15) is 0 Å². The molecule has 1 aliphatic heterocycles. The molecule has 0 radical (unpaired) electrons. The van der Waals surface area contributed by atoms with Crippen molar-refractivity contribution < 1.29 is 9.47 Å². The number of ether oxygens (including phenoxy) is 2. The van der Waals surface area contributed by atoms with Gasteiger partial charge < -0.3 is 15.2 Å². The Morgan fingerprint density at radius 2 is 1.52 bits per heavy atom. The topological polar surface area (TPSA) is 47.7 Å². The lowest BCUT2D eigenvalue weighted by Gasteiger charge is -2.45. The minimum atomic E-state index is -0.219. The molecule has 2 saturated carbocycles. The van der Waals surface area contributed by atoms with Crippen LogP contribution >= 0.6 is 0 Å². The second-order valence-electron chi connectivity index (χ2n) is 7.15. The molecule has 0 aromatic carbocycles. The zero-order valence-electron chi connectivity index (χ0n) is 13.6. The van der Waals surface area contributed by atoms with Crippen LogP contribution in [-0.2, 0) is 9.47 Å². The molecule has 3 rings (SSSR count). The van der Waals surface area contributed by atoms with E-state index in [-0.39, 0.29) is 5.79 Å². The minimum absolute atomic E-state index is 0.219. The summed E-state index contributed by atoms with van der Waals surface area (Å²) < 4.78 is 11.7. The van der Waals surface area contributed by atoms with E-state index < -0.39 is 0 Å². The maximum absolute atomic E-state index is 6.08. The van der Waals surface area contributed by atoms with Gasteiger partial charge in [0.25, 0.3) is 0 Å². The van der Waals surface area contributed by atoms with E-state index in [1.54, 1.807) is 0 Å². The van der Waals surface area contributed by atoms with Crippen molar-refractivity contribution in [3.8, 4) is 0 Å². The highest BCUT2D eigenvalue weighted by Crippen LogP contribution is 2.38. The van der Waals surface area contributed by atoms with Crippen LogP contribution in [0.5, 0.6) is 0 Å². The van der Waals surface area contributed by atoms with Crippen molar-refractivity contribution in [1.82, 2.24) is 4.90 Å². The maximum Gasteiger partial charge on any atom is 0.168 e. The lowest BCUT2D eigenvalue weighted by atomic mass is 9.85. The van der Waals surface area contributed by atoms with Gasteiger partial charge in [-0.2, -0.15) is 0 Å². The molecular weight excluding hydrogens is 264 g/mol. The summed E-state index contributed by atoms with van der Waals surface area (Å²) in [6.45, 7) is 5.10. The van der Waals surface area contributed by atoms with Gasteiger partial charge in [0.15, 0.2) is 5.79 Å². The zero-order chi connectivity index (χ0) is 14.7. The van der Waals surface area contributed by atoms with Gasteiger partial charge >= 0.3 is 0 Å². The third-order valence-electron chi connectivity index (χ3n) is 5.69. The summed E-state index contributed by atoms with van der Waals surface area (Å²) in [5.41, 5.74) is 6.08. The molecule has 3 aliphatic rings. The first-order valence-corrected chi connectivity index (χ1v) is 9.02. The van der Waals surface area contributed by atoms with Crippen molar-refractivity contribution in [3.63, 3.8) is 0 Å². The fourth-order valence-corrected chi connectivity index (χ4v) is 4.51. The molecule has 2 aliphatic carbocycles. The SMILES string of the molecule is CCCN(C1CCC(N)CC1)C1CCC2(CC1)OCCO2. The Morgan fingerprint density at radius 3 is 2.10 bits per heavy atom. The number of nitrogens with zero attached hydrogens (tertiary/aromatic N) is 1. The van der Waals surface area contributed by atoms with Gasteiger partial charge in [0, 0.05) is 31.0 Å². The van der Waals surface area contributed by atoms with E-state index in [1.165, 1.54) is 51.5 Å². The molecule has 0 amide bonds. The van der Waals surface area contributed by atoms with Crippen LogP contribution in [-0.4, -0.2) is 48.6 Å². The van der Waals surface area contributed by atoms with Gasteiger partial charge in [0.2, 0.25) is 0 Å². The van der Waals surface area contributed by atoms with Crippen LogP contribution < -0.4 is 5.73 Å². The van der Waals surface area contributed by atoms with Gasteiger partial charge in [-0.15, -0.1) is 0 Å². The molecule has 122 valence electrons. The Kier molecular flexibility index (Phi) is 5.20. The summed E-state index contributed by atoms with van der Waals surface area (Å²) in [7, 11) is 0. The van der Waals surface area contributed by atoms with Crippen LogP contribution in [0.25, 0.3) is 0 Å². The van der Waals surface area contributed by atoms with Crippen LogP contribution in [0.4, 0.5) is 0 Å². The summed E-state index contributed by atoms with van der Waals surface area (Å²) in [6.07, 6.45) is 10.8. The molecule has 1 heterocycles. The normalized spacial score (nSPS) is 33.9. The predicted octanol–water partition coefficient (Wildman–Crippen LogP) is 2.65. The van der Waals surface area contributed by atoms with Gasteiger partial charge in [0.05, 0.1) is 13.2 Å². The van der Waals surface area contributed by atoms with Crippen molar-refractivity contribution >= 4 is 0 Å². The van der Waals surface area contributed by atoms with Crippen LogP contribution in [0.15, 0.2) is 0 Å². The first kappa shape index (κ1) is 15.7. The van der Waals surface area contributed by atoms with Crippen molar-refractivity contribution in [2.24, 2.45) is 5.73 Å². The molecule has 4 heteroatoms. The zero-order valence-corrected chi connectivity index (χ0v) is 13.6. The van der Waals surface area contributed by atoms with Gasteiger partial charge in [-0.1, -0.05) is 6.92 Å². The largest absolute Gasteiger partial charge is 0.348 e. The number of nitrogens with two attached hydrogens (primary N) is 1. The Hall–Kier alpha value is -0.160. The molecule has 0 aromatic heterocycles. The number of hydrogen-bond acceptors (Lipinski definition) is 4. The molecule has 21 heavy (non-hydrogen) atoms. The Morgan fingerprint density at radius 1 is 0.952 bits per heavy atom. The quantitative estimate of drug-likeness (QED) is 0.866. The van der Waals surface area contributed by atoms with E-state index in [0.29, 0.717) is 6.04 Å². The Balaban J connectivity index is 1.57. The lowest BCUT2D eigenvalue weighted by Crippen LogP contribution is -2.50. The number of hydrogen-bond donors (Lipinski definition) is 1. The molecule has 0 aromatic rings. The highest BCUT2D eigenvalue weighted by atomic mass is 16.7. The average molecular weight is 296 g/mol. The first-order valence-electron chi connectivity index (χ1n) is 9.02. The fraction of sp³-hybridized carbons (Fsp3) is 1.00. The standard InChI is InChI=1S/C17H32N2O2/c1-2-11-19(15-5-3-14(18)4-6-15)16-7-9-17(10-8-16)20-12-13-21-17/h14-16H,2-13,18H2,1H3. The van der Waals surface area contributed by atoms with Gasteiger partial charge in [0.1, 0.15) is 0 Å². The second kappa shape index (κ2) is 6.95.